The predicted molar refractivity (Wildman–Crippen MR) is 75.7 cm³/mol. The average molecular weight is 311 g/mol. The summed E-state index contributed by atoms with van der Waals surface area (Å²) >= 11 is 5.81. The predicted octanol–water partition coefficient (Wildman–Crippen LogP) is 2.47. The molecule has 0 saturated carbocycles. The van der Waals surface area contributed by atoms with Gasteiger partial charge < -0.3 is 4.74 Å². The van der Waals surface area contributed by atoms with Crippen molar-refractivity contribution in [3.8, 4) is 5.75 Å². The van der Waals surface area contributed by atoms with Crippen molar-refractivity contribution in [2.45, 2.75) is 11.3 Å². The van der Waals surface area contributed by atoms with Gasteiger partial charge in [0.1, 0.15) is 11.6 Å². The van der Waals surface area contributed by atoms with E-state index in [0.717, 1.165) is 11.3 Å². The minimum atomic E-state index is -3.68. The number of benzene rings is 1. The van der Waals surface area contributed by atoms with Gasteiger partial charge in [-0.05, 0) is 29.8 Å². The van der Waals surface area contributed by atoms with Crippen LogP contribution in [0.1, 0.15) is 5.56 Å². The van der Waals surface area contributed by atoms with Crippen molar-refractivity contribution in [1.29, 1.82) is 0 Å². The minimum absolute atomic E-state index is 0.184. The van der Waals surface area contributed by atoms with Gasteiger partial charge in [-0.2, -0.15) is 0 Å². The first-order chi connectivity index (χ1) is 9.54. The van der Waals surface area contributed by atoms with Crippen LogP contribution in [0.2, 0.25) is 5.02 Å². The fourth-order valence-corrected chi connectivity index (χ4v) is 3.20. The summed E-state index contributed by atoms with van der Waals surface area (Å²) in [7, 11) is -3.68. The fraction of sp³-hybridized carbons (Fsp3) is 0.154. The van der Waals surface area contributed by atoms with E-state index in [-0.39, 0.29) is 10.7 Å². The zero-order valence-corrected chi connectivity index (χ0v) is 11.9. The molecule has 3 rings (SSSR count). The molecule has 0 atom stereocenters. The molecule has 20 heavy (non-hydrogen) atoms. The van der Waals surface area contributed by atoms with Crippen LogP contribution in [0, 0.1) is 0 Å². The lowest BCUT2D eigenvalue weighted by Crippen LogP contribution is -2.14. The molecule has 2 aromatic rings. The Hall–Kier alpha value is -1.79. The summed E-state index contributed by atoms with van der Waals surface area (Å²) in [6.07, 6.45) is 2.16. The van der Waals surface area contributed by atoms with Crippen LogP contribution in [0.25, 0.3) is 0 Å². The van der Waals surface area contributed by atoms with E-state index in [4.69, 9.17) is 16.3 Å². The number of fused-ring (bicyclic) bond motifs is 1. The highest BCUT2D eigenvalue weighted by Crippen LogP contribution is 2.28. The average Bonchev–Trinajstić information content (AvgIpc) is 2.85. The molecule has 0 fully saturated rings. The summed E-state index contributed by atoms with van der Waals surface area (Å²) in [5.74, 6) is 0.930. The lowest BCUT2D eigenvalue weighted by atomic mass is 10.2. The first-order valence-electron chi connectivity index (χ1n) is 5.95. The first kappa shape index (κ1) is 13.2. The van der Waals surface area contributed by atoms with Crippen LogP contribution in [0.15, 0.2) is 41.4 Å². The largest absolute Gasteiger partial charge is 0.493 e. The molecule has 1 aliphatic rings. The molecule has 5 nitrogen and oxygen atoms in total. The standard InChI is InChI=1S/C13H11ClN2O3S/c14-10-3-5-15-13(8-10)16-20(17,18)11-1-2-12-9(7-11)4-6-19-12/h1-3,5,7-8H,4,6H2,(H,15,16). The molecule has 0 radical (unpaired) electrons. The highest BCUT2D eigenvalue weighted by Gasteiger charge is 2.19. The van der Waals surface area contributed by atoms with Crippen LogP contribution >= 0.6 is 11.6 Å². The Morgan fingerprint density at radius 2 is 2.10 bits per heavy atom. The molecule has 0 bridgehead atoms. The minimum Gasteiger partial charge on any atom is -0.493 e. The normalized spacial score (nSPS) is 13.7. The third kappa shape index (κ3) is 2.57. The van der Waals surface area contributed by atoms with E-state index in [1.165, 1.54) is 18.3 Å². The summed E-state index contributed by atoms with van der Waals surface area (Å²) in [4.78, 5) is 4.11. The molecule has 1 N–H and O–H groups in total. The zero-order chi connectivity index (χ0) is 14.2. The molecular weight excluding hydrogens is 300 g/mol. The Balaban J connectivity index is 1.92. The second kappa shape index (κ2) is 4.96. The van der Waals surface area contributed by atoms with Crippen molar-refractivity contribution in [3.63, 3.8) is 0 Å². The fourth-order valence-electron chi connectivity index (χ4n) is 1.99. The van der Waals surface area contributed by atoms with Crippen molar-refractivity contribution in [2.75, 3.05) is 11.3 Å². The van der Waals surface area contributed by atoms with Gasteiger partial charge >= 0.3 is 0 Å². The highest BCUT2D eigenvalue weighted by molar-refractivity contribution is 7.92. The lowest BCUT2D eigenvalue weighted by molar-refractivity contribution is 0.356. The number of rotatable bonds is 3. The van der Waals surface area contributed by atoms with E-state index < -0.39 is 10.0 Å². The maximum Gasteiger partial charge on any atom is 0.263 e. The highest BCUT2D eigenvalue weighted by atomic mass is 35.5. The van der Waals surface area contributed by atoms with Crippen LogP contribution in [-0.4, -0.2) is 20.0 Å². The van der Waals surface area contributed by atoms with E-state index >= 15 is 0 Å². The number of nitrogens with one attached hydrogen (secondary N) is 1. The number of aromatic nitrogens is 1. The Kier molecular flexibility index (Phi) is 3.27. The number of ether oxygens (including phenoxy) is 1. The number of hydrogen-bond donors (Lipinski definition) is 1. The van der Waals surface area contributed by atoms with Crippen molar-refractivity contribution in [1.82, 2.24) is 4.98 Å². The van der Waals surface area contributed by atoms with Gasteiger partial charge in [0.2, 0.25) is 0 Å². The number of hydrogen-bond acceptors (Lipinski definition) is 4. The van der Waals surface area contributed by atoms with Gasteiger partial charge in [-0.25, -0.2) is 13.4 Å². The molecule has 0 unspecified atom stereocenters. The summed E-state index contributed by atoms with van der Waals surface area (Å²) in [5, 5.41) is 0.417. The Morgan fingerprint density at radius 1 is 1.25 bits per heavy atom. The smallest absolute Gasteiger partial charge is 0.263 e. The van der Waals surface area contributed by atoms with E-state index in [1.807, 2.05) is 0 Å². The lowest BCUT2D eigenvalue weighted by Gasteiger charge is -2.08. The van der Waals surface area contributed by atoms with E-state index in [9.17, 15) is 8.42 Å². The summed E-state index contributed by atoms with van der Waals surface area (Å²) in [6.45, 7) is 0.585. The van der Waals surface area contributed by atoms with E-state index in [0.29, 0.717) is 18.1 Å². The van der Waals surface area contributed by atoms with Crippen molar-refractivity contribution >= 4 is 27.4 Å². The van der Waals surface area contributed by atoms with Gasteiger partial charge in [-0.1, -0.05) is 11.6 Å². The summed E-state index contributed by atoms with van der Waals surface area (Å²) < 4.78 is 32.3. The van der Waals surface area contributed by atoms with Crippen molar-refractivity contribution < 1.29 is 13.2 Å². The molecule has 0 amide bonds. The molecular formula is C13H11ClN2O3S. The molecule has 0 aliphatic carbocycles. The third-order valence-corrected chi connectivity index (χ3v) is 4.52. The van der Waals surface area contributed by atoms with Crippen LogP contribution in [0.3, 0.4) is 0 Å². The molecule has 0 spiro atoms. The maximum atomic E-state index is 12.3. The second-order valence-electron chi connectivity index (χ2n) is 4.33. The Morgan fingerprint density at radius 3 is 2.90 bits per heavy atom. The SMILES string of the molecule is O=S(=O)(Nc1cc(Cl)ccn1)c1ccc2c(c1)CCO2. The van der Waals surface area contributed by atoms with Gasteiger partial charge in [0.25, 0.3) is 10.0 Å². The summed E-state index contributed by atoms with van der Waals surface area (Å²) in [5.41, 5.74) is 0.895. The van der Waals surface area contributed by atoms with Crippen LogP contribution < -0.4 is 9.46 Å². The van der Waals surface area contributed by atoms with Crippen molar-refractivity contribution in [2.24, 2.45) is 0 Å². The second-order valence-corrected chi connectivity index (χ2v) is 6.45. The monoisotopic (exact) mass is 310 g/mol. The van der Waals surface area contributed by atoms with E-state index in [2.05, 4.69) is 9.71 Å². The zero-order valence-electron chi connectivity index (χ0n) is 10.3. The number of pyridine rings is 1. The number of sulfonamides is 1. The van der Waals surface area contributed by atoms with Crippen LogP contribution in [0.4, 0.5) is 5.82 Å². The Bertz CT molecular complexity index is 762. The van der Waals surface area contributed by atoms with Gasteiger partial charge in [0.05, 0.1) is 11.5 Å². The third-order valence-electron chi connectivity index (χ3n) is 2.93. The number of nitrogens with zero attached hydrogens (tertiary/aromatic N) is 1. The molecule has 1 aliphatic heterocycles. The molecule has 104 valence electrons. The quantitative estimate of drug-likeness (QED) is 0.945. The first-order valence-corrected chi connectivity index (χ1v) is 7.81. The number of anilines is 1. The van der Waals surface area contributed by atoms with Gasteiger partial charge in [-0.3, -0.25) is 4.72 Å². The number of halogens is 1. The molecule has 7 heteroatoms. The topological polar surface area (TPSA) is 68.3 Å². The molecule has 1 aromatic heterocycles. The van der Waals surface area contributed by atoms with Gasteiger partial charge in [0, 0.05) is 23.7 Å². The van der Waals surface area contributed by atoms with Gasteiger partial charge in [0.15, 0.2) is 0 Å². The molecule has 2 heterocycles. The summed E-state index contributed by atoms with van der Waals surface area (Å²) in [6, 6.07) is 7.83. The van der Waals surface area contributed by atoms with Crippen LogP contribution in [0.5, 0.6) is 5.75 Å². The maximum absolute atomic E-state index is 12.3. The van der Waals surface area contributed by atoms with Gasteiger partial charge in [-0.15, -0.1) is 0 Å². The van der Waals surface area contributed by atoms with Crippen LogP contribution in [-0.2, 0) is 16.4 Å². The van der Waals surface area contributed by atoms with E-state index in [1.54, 1.807) is 18.2 Å². The molecule has 1 aromatic carbocycles. The Labute approximate surface area is 121 Å². The van der Waals surface area contributed by atoms with Crippen molar-refractivity contribution in [3.05, 3.63) is 47.1 Å². The molecule has 0 saturated heterocycles.